The quantitative estimate of drug-likeness (QED) is 0.242. The Kier molecular flexibility index (Phi) is 8.11. The van der Waals surface area contributed by atoms with Gasteiger partial charge in [0.2, 0.25) is 0 Å². The van der Waals surface area contributed by atoms with Crippen LogP contribution in [0.3, 0.4) is 0 Å². The Labute approximate surface area is 128 Å². The molecule has 0 bridgehead atoms. The minimum Gasteiger partial charge on any atom is -0.396 e. The number of nitrogens with one attached hydrogen (secondary N) is 1. The van der Waals surface area contributed by atoms with Gasteiger partial charge in [-0.2, -0.15) is 0 Å². The second kappa shape index (κ2) is 9.06. The number of piperidine rings is 1. The van der Waals surface area contributed by atoms with E-state index in [-0.39, 0.29) is 25.7 Å². The minimum atomic E-state index is -1.16. The van der Waals surface area contributed by atoms with E-state index < -0.39 is 42.7 Å². The fraction of sp³-hybridized carbons (Fsp3) is 1.00. The summed E-state index contributed by atoms with van der Waals surface area (Å²) in [6.07, 6.45) is -5.11. The normalized spacial score (nSPS) is 45.8. The van der Waals surface area contributed by atoms with Crippen molar-refractivity contribution in [1.29, 1.82) is 0 Å². The summed E-state index contributed by atoms with van der Waals surface area (Å²) in [5.74, 6) is -0.284. The fourth-order valence-electron chi connectivity index (χ4n) is 2.58. The highest BCUT2D eigenvalue weighted by atomic mass is 16.4. The standard InChI is InChI=1S/C7H14O4.C6H13NO4/c8-3-4-1-2-5(9)7(11)6(4)10;8-2-3-5(10)6(11)4(9)1-7-3/h4-11H,1-3H2;3-11H,1-2H2/t4?,5?,6-,7+;3-,4+,5+,6-/m01/s1. The van der Waals surface area contributed by atoms with Crippen LogP contribution in [0.5, 0.6) is 0 Å². The molecule has 8 atom stereocenters. The predicted octanol–water partition coefficient (Wildman–Crippen LogP) is -4.50. The molecule has 0 radical (unpaired) electrons. The van der Waals surface area contributed by atoms with E-state index in [1.165, 1.54) is 0 Å². The highest BCUT2D eigenvalue weighted by molar-refractivity contribution is 4.91. The topological polar surface area (TPSA) is 174 Å². The van der Waals surface area contributed by atoms with Crippen LogP contribution in [-0.2, 0) is 0 Å². The summed E-state index contributed by atoms with van der Waals surface area (Å²) in [7, 11) is 0. The molecule has 2 rings (SSSR count). The molecule has 1 aliphatic carbocycles. The minimum absolute atomic E-state index is 0.134. The first-order chi connectivity index (χ1) is 10.3. The summed E-state index contributed by atoms with van der Waals surface area (Å²) in [5.41, 5.74) is 0. The first-order valence-corrected chi connectivity index (χ1v) is 7.37. The van der Waals surface area contributed by atoms with Gasteiger partial charge in [-0.3, -0.25) is 0 Å². The lowest BCUT2D eigenvalue weighted by Gasteiger charge is -2.34. The second-order valence-electron chi connectivity index (χ2n) is 5.81. The zero-order valence-electron chi connectivity index (χ0n) is 12.2. The van der Waals surface area contributed by atoms with Gasteiger partial charge < -0.3 is 46.2 Å². The lowest BCUT2D eigenvalue weighted by Crippen LogP contribution is -2.60. The van der Waals surface area contributed by atoms with E-state index >= 15 is 0 Å². The van der Waals surface area contributed by atoms with Crippen molar-refractivity contribution in [3.63, 3.8) is 0 Å². The number of rotatable bonds is 2. The molecular formula is C13H27NO8. The Morgan fingerprint density at radius 3 is 1.82 bits per heavy atom. The molecule has 2 aliphatic rings. The van der Waals surface area contributed by atoms with Crippen molar-refractivity contribution in [2.75, 3.05) is 19.8 Å². The van der Waals surface area contributed by atoms with E-state index in [9.17, 15) is 10.2 Å². The second-order valence-corrected chi connectivity index (χ2v) is 5.81. The number of hydrogen-bond acceptors (Lipinski definition) is 9. The molecule has 2 fully saturated rings. The van der Waals surface area contributed by atoms with Crippen LogP contribution in [-0.4, -0.2) is 103 Å². The monoisotopic (exact) mass is 325 g/mol. The van der Waals surface area contributed by atoms with Gasteiger partial charge in [0.25, 0.3) is 0 Å². The van der Waals surface area contributed by atoms with Crippen molar-refractivity contribution in [2.45, 2.75) is 55.5 Å². The van der Waals surface area contributed by atoms with Crippen molar-refractivity contribution < 1.29 is 40.9 Å². The number of β-amino-alcohol motifs (C(OH)–C–C–N with tert-alkyl or cyclic N) is 1. The van der Waals surface area contributed by atoms with Gasteiger partial charge >= 0.3 is 0 Å². The van der Waals surface area contributed by atoms with Crippen molar-refractivity contribution >= 4 is 0 Å². The van der Waals surface area contributed by atoms with E-state index in [0.29, 0.717) is 12.8 Å². The smallest absolute Gasteiger partial charge is 0.109 e. The van der Waals surface area contributed by atoms with E-state index in [2.05, 4.69) is 5.32 Å². The van der Waals surface area contributed by atoms with Crippen LogP contribution < -0.4 is 5.32 Å². The number of aliphatic hydroxyl groups is 8. The molecule has 0 aromatic carbocycles. The van der Waals surface area contributed by atoms with E-state index in [1.807, 2.05) is 0 Å². The first kappa shape index (κ1) is 19.7. The summed E-state index contributed by atoms with van der Waals surface area (Å²) >= 11 is 0. The van der Waals surface area contributed by atoms with E-state index in [4.69, 9.17) is 30.6 Å². The molecule has 1 saturated heterocycles. The molecule has 0 aromatic heterocycles. The van der Waals surface area contributed by atoms with Gasteiger partial charge in [-0.1, -0.05) is 0 Å². The SMILES string of the molecule is OCC1CCC(O)[C@@H](O)[C@H]1O.OC[C@H]1NC[C@H](O)[C@@H](O)[C@H]1O. The highest BCUT2D eigenvalue weighted by Crippen LogP contribution is 2.24. The largest absolute Gasteiger partial charge is 0.396 e. The summed E-state index contributed by atoms with van der Waals surface area (Å²) < 4.78 is 0. The summed E-state index contributed by atoms with van der Waals surface area (Å²) in [6, 6.07) is -0.534. The maximum Gasteiger partial charge on any atom is 0.109 e. The first-order valence-electron chi connectivity index (χ1n) is 7.37. The number of aliphatic hydroxyl groups excluding tert-OH is 8. The third-order valence-electron chi connectivity index (χ3n) is 4.24. The lowest BCUT2D eigenvalue weighted by molar-refractivity contribution is -0.118. The molecule has 9 N–H and O–H groups in total. The Bertz CT molecular complexity index is 286. The summed E-state index contributed by atoms with van der Waals surface area (Å²) in [6.45, 7) is -0.181. The predicted molar refractivity (Wildman–Crippen MR) is 74.7 cm³/mol. The average Bonchev–Trinajstić information content (AvgIpc) is 2.51. The van der Waals surface area contributed by atoms with Gasteiger partial charge in [0, 0.05) is 19.1 Å². The molecular weight excluding hydrogens is 298 g/mol. The average molecular weight is 325 g/mol. The van der Waals surface area contributed by atoms with E-state index in [0.717, 1.165) is 0 Å². The van der Waals surface area contributed by atoms with Crippen molar-refractivity contribution in [3.05, 3.63) is 0 Å². The molecule has 132 valence electrons. The van der Waals surface area contributed by atoms with Crippen LogP contribution >= 0.6 is 0 Å². The third kappa shape index (κ3) is 4.82. The van der Waals surface area contributed by atoms with Crippen molar-refractivity contribution in [3.8, 4) is 0 Å². The lowest BCUT2D eigenvalue weighted by atomic mass is 9.83. The molecule has 1 heterocycles. The maximum atomic E-state index is 9.24. The van der Waals surface area contributed by atoms with Gasteiger partial charge in [-0.25, -0.2) is 0 Å². The van der Waals surface area contributed by atoms with Gasteiger partial charge in [-0.05, 0) is 12.8 Å². The van der Waals surface area contributed by atoms with Crippen LogP contribution in [0, 0.1) is 5.92 Å². The zero-order valence-corrected chi connectivity index (χ0v) is 12.2. The van der Waals surface area contributed by atoms with Crippen molar-refractivity contribution in [2.24, 2.45) is 5.92 Å². The summed E-state index contributed by atoms with van der Waals surface area (Å²) in [4.78, 5) is 0. The molecule has 22 heavy (non-hydrogen) atoms. The Morgan fingerprint density at radius 2 is 1.27 bits per heavy atom. The van der Waals surface area contributed by atoms with Gasteiger partial charge in [0.1, 0.15) is 12.2 Å². The molecule has 9 heteroatoms. The molecule has 1 saturated carbocycles. The Balaban J connectivity index is 0.000000220. The zero-order chi connectivity index (χ0) is 16.9. The molecule has 2 unspecified atom stereocenters. The van der Waals surface area contributed by atoms with Crippen molar-refractivity contribution in [1.82, 2.24) is 5.32 Å². The molecule has 0 aromatic rings. The highest BCUT2D eigenvalue weighted by Gasteiger charge is 2.36. The molecule has 0 spiro atoms. The van der Waals surface area contributed by atoms with Crippen LogP contribution in [0.1, 0.15) is 12.8 Å². The van der Waals surface area contributed by atoms with Crippen LogP contribution in [0.15, 0.2) is 0 Å². The van der Waals surface area contributed by atoms with E-state index in [1.54, 1.807) is 0 Å². The van der Waals surface area contributed by atoms with Gasteiger partial charge in [0.05, 0.1) is 37.1 Å². The number of hydrogen-bond donors (Lipinski definition) is 9. The Hall–Kier alpha value is -0.360. The Morgan fingerprint density at radius 1 is 0.682 bits per heavy atom. The molecule has 0 amide bonds. The third-order valence-corrected chi connectivity index (χ3v) is 4.24. The van der Waals surface area contributed by atoms with Gasteiger partial charge in [-0.15, -0.1) is 0 Å². The maximum absolute atomic E-state index is 9.24. The van der Waals surface area contributed by atoms with Crippen LogP contribution in [0.2, 0.25) is 0 Å². The molecule has 9 nitrogen and oxygen atoms in total. The van der Waals surface area contributed by atoms with Crippen LogP contribution in [0.4, 0.5) is 0 Å². The fourth-order valence-corrected chi connectivity index (χ4v) is 2.58. The summed E-state index contributed by atoms with van der Waals surface area (Å²) in [5, 5.41) is 74.8. The molecule has 1 aliphatic heterocycles. The van der Waals surface area contributed by atoms with Gasteiger partial charge in [0.15, 0.2) is 0 Å². The van der Waals surface area contributed by atoms with Crippen LogP contribution in [0.25, 0.3) is 0 Å².